The molecule has 1 aliphatic heterocycles. The van der Waals surface area contributed by atoms with Crippen LogP contribution in [-0.2, 0) is 11.3 Å². The highest BCUT2D eigenvalue weighted by atomic mass is 16.2. The fraction of sp³-hybridized carbons (Fsp3) is 0.320. The van der Waals surface area contributed by atoms with Crippen molar-refractivity contribution >= 4 is 11.8 Å². The van der Waals surface area contributed by atoms with Crippen molar-refractivity contribution in [3.63, 3.8) is 0 Å². The zero-order valence-electron chi connectivity index (χ0n) is 18.0. The fourth-order valence-corrected chi connectivity index (χ4v) is 4.19. The molecule has 6 nitrogen and oxygen atoms in total. The van der Waals surface area contributed by atoms with Gasteiger partial charge in [0.05, 0.1) is 0 Å². The van der Waals surface area contributed by atoms with Gasteiger partial charge in [0.25, 0.3) is 5.91 Å². The average molecular weight is 417 g/mol. The van der Waals surface area contributed by atoms with E-state index in [0.717, 1.165) is 11.3 Å². The SMILES string of the molecule is Cc1ccc(C)n1-c1ccc(C(=O)N2CCC(C(=O)NCc3cccnc3)CC2)cc1. The van der Waals surface area contributed by atoms with E-state index in [4.69, 9.17) is 0 Å². The third kappa shape index (κ3) is 4.68. The van der Waals surface area contributed by atoms with Crippen molar-refractivity contribution in [3.05, 3.63) is 83.4 Å². The second-order valence-electron chi connectivity index (χ2n) is 8.14. The molecule has 0 bridgehead atoms. The Balaban J connectivity index is 1.31. The molecule has 0 radical (unpaired) electrons. The molecular formula is C25H28N4O2. The molecule has 1 N–H and O–H groups in total. The molecule has 1 aliphatic rings. The summed E-state index contributed by atoms with van der Waals surface area (Å²) >= 11 is 0. The van der Waals surface area contributed by atoms with Crippen LogP contribution in [0.2, 0.25) is 0 Å². The summed E-state index contributed by atoms with van der Waals surface area (Å²) < 4.78 is 2.17. The molecule has 2 aromatic heterocycles. The Kier molecular flexibility index (Phi) is 6.16. The van der Waals surface area contributed by atoms with Crippen molar-refractivity contribution < 1.29 is 9.59 Å². The molecule has 2 amide bonds. The number of aryl methyl sites for hydroxylation is 2. The maximum Gasteiger partial charge on any atom is 0.253 e. The number of nitrogens with zero attached hydrogens (tertiary/aromatic N) is 3. The highest BCUT2D eigenvalue weighted by molar-refractivity contribution is 5.94. The zero-order chi connectivity index (χ0) is 21.8. The zero-order valence-corrected chi connectivity index (χ0v) is 18.0. The number of benzene rings is 1. The maximum absolute atomic E-state index is 12.9. The number of hydrogen-bond donors (Lipinski definition) is 1. The number of nitrogens with one attached hydrogen (secondary N) is 1. The first kappa shape index (κ1) is 20.8. The van der Waals surface area contributed by atoms with Crippen LogP contribution >= 0.6 is 0 Å². The van der Waals surface area contributed by atoms with Gasteiger partial charge >= 0.3 is 0 Å². The van der Waals surface area contributed by atoms with Crippen molar-refractivity contribution in [1.29, 1.82) is 0 Å². The van der Waals surface area contributed by atoms with E-state index in [-0.39, 0.29) is 17.7 Å². The smallest absolute Gasteiger partial charge is 0.253 e. The monoisotopic (exact) mass is 416 g/mol. The third-order valence-corrected chi connectivity index (χ3v) is 5.99. The number of amides is 2. The average Bonchev–Trinajstić information content (AvgIpc) is 3.15. The van der Waals surface area contributed by atoms with Gasteiger partial charge in [0.1, 0.15) is 0 Å². The van der Waals surface area contributed by atoms with Gasteiger partial charge in [0.2, 0.25) is 5.91 Å². The van der Waals surface area contributed by atoms with Gasteiger partial charge in [-0.05, 0) is 74.7 Å². The predicted molar refractivity (Wildman–Crippen MR) is 120 cm³/mol. The lowest BCUT2D eigenvalue weighted by atomic mass is 9.95. The minimum atomic E-state index is -0.0530. The second kappa shape index (κ2) is 9.16. The Morgan fingerprint density at radius 2 is 1.68 bits per heavy atom. The van der Waals surface area contributed by atoms with Gasteiger partial charge in [0, 0.05) is 60.6 Å². The summed E-state index contributed by atoms with van der Waals surface area (Å²) in [6.45, 7) is 5.83. The van der Waals surface area contributed by atoms with Gasteiger partial charge in [-0.3, -0.25) is 14.6 Å². The van der Waals surface area contributed by atoms with E-state index in [9.17, 15) is 9.59 Å². The number of carbonyl (C=O) groups is 2. The molecule has 0 aliphatic carbocycles. The Bertz CT molecular complexity index is 1030. The van der Waals surface area contributed by atoms with Gasteiger partial charge in [-0.1, -0.05) is 6.07 Å². The van der Waals surface area contributed by atoms with Gasteiger partial charge in [-0.15, -0.1) is 0 Å². The maximum atomic E-state index is 12.9. The number of pyridine rings is 1. The molecular weight excluding hydrogens is 388 g/mol. The van der Waals surface area contributed by atoms with Crippen LogP contribution in [-0.4, -0.2) is 39.4 Å². The molecule has 160 valence electrons. The largest absolute Gasteiger partial charge is 0.352 e. The van der Waals surface area contributed by atoms with E-state index in [2.05, 4.69) is 40.8 Å². The Hall–Kier alpha value is -3.41. The standard InChI is InChI=1S/C25H28N4O2/c1-18-5-6-19(2)29(18)23-9-7-22(8-10-23)25(31)28-14-11-21(12-15-28)24(30)27-17-20-4-3-13-26-16-20/h3-10,13,16,21H,11-12,14-15,17H2,1-2H3,(H,27,30). The summed E-state index contributed by atoms with van der Waals surface area (Å²) in [4.78, 5) is 31.3. The highest BCUT2D eigenvalue weighted by Crippen LogP contribution is 2.21. The molecule has 1 saturated heterocycles. The fourth-order valence-electron chi connectivity index (χ4n) is 4.19. The molecule has 6 heteroatoms. The Morgan fingerprint density at radius 1 is 1.00 bits per heavy atom. The number of piperidine rings is 1. The van der Waals surface area contributed by atoms with Crippen molar-refractivity contribution in [2.45, 2.75) is 33.2 Å². The molecule has 3 aromatic rings. The number of carbonyl (C=O) groups excluding carboxylic acids is 2. The summed E-state index contributed by atoms with van der Waals surface area (Å²) in [5, 5.41) is 2.99. The topological polar surface area (TPSA) is 67.2 Å². The summed E-state index contributed by atoms with van der Waals surface area (Å²) in [7, 11) is 0. The molecule has 0 saturated carbocycles. The minimum Gasteiger partial charge on any atom is -0.352 e. The Morgan fingerprint density at radius 3 is 2.29 bits per heavy atom. The van der Waals surface area contributed by atoms with E-state index in [1.165, 1.54) is 11.4 Å². The molecule has 0 spiro atoms. The molecule has 0 unspecified atom stereocenters. The molecule has 0 atom stereocenters. The van der Waals surface area contributed by atoms with Crippen LogP contribution in [0, 0.1) is 19.8 Å². The first-order valence-corrected chi connectivity index (χ1v) is 10.7. The number of aromatic nitrogens is 2. The third-order valence-electron chi connectivity index (χ3n) is 5.99. The van der Waals surface area contributed by atoms with Crippen LogP contribution in [0.15, 0.2) is 60.9 Å². The van der Waals surface area contributed by atoms with Crippen LogP contribution in [0.4, 0.5) is 0 Å². The summed E-state index contributed by atoms with van der Waals surface area (Å²) in [6, 6.07) is 15.7. The van der Waals surface area contributed by atoms with Crippen LogP contribution < -0.4 is 5.32 Å². The summed E-state index contributed by atoms with van der Waals surface area (Å²) in [5.74, 6) is 0.0299. The molecule has 31 heavy (non-hydrogen) atoms. The molecule has 3 heterocycles. The van der Waals surface area contributed by atoms with Gasteiger partial charge in [-0.25, -0.2) is 0 Å². The number of likely N-dealkylation sites (tertiary alicyclic amines) is 1. The lowest BCUT2D eigenvalue weighted by Gasteiger charge is -2.31. The van der Waals surface area contributed by atoms with E-state index in [0.29, 0.717) is 38.0 Å². The molecule has 1 fully saturated rings. The van der Waals surface area contributed by atoms with E-state index < -0.39 is 0 Å². The van der Waals surface area contributed by atoms with E-state index in [1.54, 1.807) is 12.4 Å². The van der Waals surface area contributed by atoms with Crippen LogP contribution in [0.5, 0.6) is 0 Å². The van der Waals surface area contributed by atoms with Crippen molar-refractivity contribution in [2.75, 3.05) is 13.1 Å². The van der Waals surface area contributed by atoms with Crippen molar-refractivity contribution in [1.82, 2.24) is 19.8 Å². The summed E-state index contributed by atoms with van der Waals surface area (Å²) in [5.41, 5.74) is 5.06. The first-order valence-electron chi connectivity index (χ1n) is 10.7. The van der Waals surface area contributed by atoms with Crippen molar-refractivity contribution in [3.8, 4) is 5.69 Å². The van der Waals surface area contributed by atoms with Gasteiger partial charge in [0.15, 0.2) is 0 Å². The molecule has 1 aromatic carbocycles. The lowest BCUT2D eigenvalue weighted by molar-refractivity contribution is -0.126. The van der Waals surface area contributed by atoms with E-state index >= 15 is 0 Å². The quantitative estimate of drug-likeness (QED) is 0.690. The van der Waals surface area contributed by atoms with Gasteiger partial charge < -0.3 is 14.8 Å². The van der Waals surface area contributed by atoms with Gasteiger partial charge in [-0.2, -0.15) is 0 Å². The first-order chi connectivity index (χ1) is 15.0. The van der Waals surface area contributed by atoms with Crippen LogP contribution in [0.3, 0.4) is 0 Å². The Labute approximate surface area is 182 Å². The minimum absolute atomic E-state index is 0.0294. The number of rotatable bonds is 5. The predicted octanol–water partition coefficient (Wildman–Crippen LogP) is 3.66. The lowest BCUT2D eigenvalue weighted by Crippen LogP contribution is -2.42. The number of hydrogen-bond acceptors (Lipinski definition) is 3. The second-order valence-corrected chi connectivity index (χ2v) is 8.14. The van der Waals surface area contributed by atoms with Crippen LogP contribution in [0.25, 0.3) is 5.69 Å². The normalized spacial score (nSPS) is 14.5. The summed E-state index contributed by atoms with van der Waals surface area (Å²) in [6.07, 6.45) is 4.84. The molecule has 4 rings (SSSR count). The van der Waals surface area contributed by atoms with Crippen molar-refractivity contribution in [2.24, 2.45) is 5.92 Å². The van der Waals surface area contributed by atoms with Crippen LogP contribution in [0.1, 0.15) is 40.2 Å². The highest BCUT2D eigenvalue weighted by Gasteiger charge is 2.27. The van der Waals surface area contributed by atoms with E-state index in [1.807, 2.05) is 41.3 Å².